The van der Waals surface area contributed by atoms with Crippen LogP contribution in [0.2, 0.25) is 0 Å². The summed E-state index contributed by atoms with van der Waals surface area (Å²) in [7, 11) is 0. The van der Waals surface area contributed by atoms with Crippen LogP contribution in [-0.4, -0.2) is 30.1 Å². The van der Waals surface area contributed by atoms with Crippen LogP contribution >= 0.6 is 11.3 Å². The van der Waals surface area contributed by atoms with Gasteiger partial charge in [0, 0.05) is 18.2 Å². The van der Waals surface area contributed by atoms with E-state index in [2.05, 4.69) is 4.98 Å². The number of nitrogens with zero attached hydrogens (tertiary/aromatic N) is 2. The lowest BCUT2D eigenvalue weighted by atomic mass is 10.1. The van der Waals surface area contributed by atoms with Gasteiger partial charge in [-0.2, -0.15) is 0 Å². The monoisotopic (exact) mass is 388 g/mol. The number of aromatic nitrogens is 1. The van der Waals surface area contributed by atoms with Gasteiger partial charge in [-0.15, -0.1) is 0 Å². The Morgan fingerprint density at radius 1 is 1.30 bits per heavy atom. The van der Waals surface area contributed by atoms with Crippen molar-refractivity contribution in [2.24, 2.45) is 0 Å². The average molecular weight is 388 g/mol. The highest BCUT2D eigenvalue weighted by Gasteiger charge is 2.27. The van der Waals surface area contributed by atoms with E-state index in [1.165, 1.54) is 11.0 Å². The maximum Gasteiger partial charge on any atom is 0.260 e. The van der Waals surface area contributed by atoms with Gasteiger partial charge in [0.1, 0.15) is 11.3 Å². The van der Waals surface area contributed by atoms with Crippen molar-refractivity contribution in [3.63, 3.8) is 0 Å². The number of ether oxygens (including phenoxy) is 1. The van der Waals surface area contributed by atoms with E-state index >= 15 is 0 Å². The maximum absolute atomic E-state index is 14.1. The fourth-order valence-corrected chi connectivity index (χ4v) is 4.17. The van der Waals surface area contributed by atoms with Crippen molar-refractivity contribution in [2.75, 3.05) is 18.1 Å². The Morgan fingerprint density at radius 3 is 2.78 bits per heavy atom. The normalized spacial score (nSPS) is 16.8. The minimum absolute atomic E-state index is 0.0745. The number of carbonyl (C=O) groups excluding carboxylic acids is 1. The minimum atomic E-state index is -0.729. The number of rotatable bonds is 4. The van der Waals surface area contributed by atoms with Gasteiger partial charge in [-0.25, -0.2) is 13.8 Å². The zero-order chi connectivity index (χ0) is 19.0. The van der Waals surface area contributed by atoms with Crippen molar-refractivity contribution in [3.05, 3.63) is 59.2 Å². The van der Waals surface area contributed by atoms with Crippen molar-refractivity contribution in [3.8, 4) is 0 Å². The molecule has 4 rings (SSSR count). The van der Waals surface area contributed by atoms with Crippen LogP contribution in [0, 0.1) is 18.6 Å². The fraction of sp³-hybridized carbons (Fsp3) is 0.300. The summed E-state index contributed by atoms with van der Waals surface area (Å²) in [5, 5.41) is 0.343. The van der Waals surface area contributed by atoms with Gasteiger partial charge in [-0.3, -0.25) is 9.69 Å². The molecular weight excluding hydrogens is 370 g/mol. The van der Waals surface area contributed by atoms with Crippen LogP contribution in [0.5, 0.6) is 0 Å². The number of hydrogen-bond acceptors (Lipinski definition) is 4. The molecule has 1 aromatic heterocycles. The molecule has 1 unspecified atom stereocenters. The van der Waals surface area contributed by atoms with Crippen LogP contribution in [-0.2, 0) is 4.74 Å². The molecule has 0 radical (unpaired) electrons. The standard InChI is InChI=1S/C20H18F2N2O2S/c1-12-4-6-13(7-5-12)19(25)24(11-15-3-2-8-26-15)20-23-18-16(22)9-14(21)10-17(18)27-20/h4-7,9-10,15H,2-3,8,11H2,1H3. The van der Waals surface area contributed by atoms with E-state index < -0.39 is 11.6 Å². The Balaban J connectivity index is 1.74. The number of halogens is 2. The SMILES string of the molecule is Cc1ccc(C(=O)N(CC2CCCO2)c2nc3c(F)cc(F)cc3s2)cc1. The predicted octanol–water partition coefficient (Wildman–Crippen LogP) is 4.71. The summed E-state index contributed by atoms with van der Waals surface area (Å²) in [6, 6.07) is 9.29. The number of aryl methyl sites for hydroxylation is 1. The molecule has 27 heavy (non-hydrogen) atoms. The third-order valence-corrected chi connectivity index (χ3v) is 5.61. The summed E-state index contributed by atoms with van der Waals surface area (Å²) in [4.78, 5) is 18.9. The van der Waals surface area contributed by atoms with E-state index in [0.717, 1.165) is 35.8 Å². The van der Waals surface area contributed by atoms with Gasteiger partial charge in [0.15, 0.2) is 10.9 Å². The first kappa shape index (κ1) is 18.0. The number of fused-ring (bicyclic) bond motifs is 1. The van der Waals surface area contributed by atoms with E-state index in [9.17, 15) is 13.6 Å². The van der Waals surface area contributed by atoms with Crippen LogP contribution < -0.4 is 4.90 Å². The van der Waals surface area contributed by atoms with E-state index in [1.807, 2.05) is 19.1 Å². The molecule has 0 N–H and O–H groups in total. The molecule has 2 heterocycles. The smallest absolute Gasteiger partial charge is 0.260 e. The molecule has 3 aromatic rings. The van der Waals surface area contributed by atoms with Gasteiger partial charge in [-0.05, 0) is 38.0 Å². The summed E-state index contributed by atoms with van der Waals surface area (Å²) in [6.07, 6.45) is 1.70. The molecule has 140 valence electrons. The van der Waals surface area contributed by atoms with E-state index in [4.69, 9.17) is 4.74 Å². The topological polar surface area (TPSA) is 42.4 Å². The van der Waals surface area contributed by atoms with E-state index in [-0.39, 0.29) is 17.5 Å². The second-order valence-corrected chi connectivity index (χ2v) is 7.66. The highest BCUT2D eigenvalue weighted by atomic mass is 32.1. The quantitative estimate of drug-likeness (QED) is 0.650. The Morgan fingerprint density at radius 2 is 2.07 bits per heavy atom. The highest BCUT2D eigenvalue weighted by Crippen LogP contribution is 2.32. The summed E-state index contributed by atoms with van der Waals surface area (Å²) in [5.41, 5.74) is 1.64. The first-order valence-electron chi connectivity index (χ1n) is 8.77. The molecule has 1 fully saturated rings. The van der Waals surface area contributed by atoms with Gasteiger partial charge in [0.2, 0.25) is 0 Å². The first-order chi connectivity index (χ1) is 13.0. The van der Waals surface area contributed by atoms with Gasteiger partial charge < -0.3 is 4.74 Å². The molecule has 0 bridgehead atoms. The molecule has 0 spiro atoms. The molecule has 1 aliphatic rings. The van der Waals surface area contributed by atoms with Crippen molar-refractivity contribution in [2.45, 2.75) is 25.9 Å². The second kappa shape index (κ2) is 7.32. The van der Waals surface area contributed by atoms with Crippen LogP contribution in [0.3, 0.4) is 0 Å². The summed E-state index contributed by atoms with van der Waals surface area (Å²) in [6.45, 7) is 2.94. The summed E-state index contributed by atoms with van der Waals surface area (Å²) >= 11 is 1.10. The Labute approximate surface area is 159 Å². The Bertz CT molecular complexity index is 982. The number of carbonyl (C=O) groups is 1. The molecule has 0 saturated carbocycles. The summed E-state index contributed by atoms with van der Waals surface area (Å²) < 4.78 is 33.7. The molecule has 1 saturated heterocycles. The third kappa shape index (κ3) is 3.70. The zero-order valence-electron chi connectivity index (χ0n) is 14.7. The van der Waals surface area contributed by atoms with Crippen molar-refractivity contribution in [1.29, 1.82) is 0 Å². The second-order valence-electron chi connectivity index (χ2n) is 6.65. The lowest BCUT2D eigenvalue weighted by Crippen LogP contribution is -2.37. The number of hydrogen-bond donors (Lipinski definition) is 0. The maximum atomic E-state index is 14.1. The summed E-state index contributed by atoms with van der Waals surface area (Å²) in [5.74, 6) is -1.62. The largest absolute Gasteiger partial charge is 0.376 e. The molecule has 1 aliphatic heterocycles. The average Bonchev–Trinajstić information content (AvgIpc) is 3.29. The number of amides is 1. The van der Waals surface area contributed by atoms with Crippen molar-refractivity contribution >= 4 is 32.6 Å². The fourth-order valence-electron chi connectivity index (χ4n) is 3.15. The van der Waals surface area contributed by atoms with Crippen LogP contribution in [0.15, 0.2) is 36.4 Å². The minimum Gasteiger partial charge on any atom is -0.376 e. The molecule has 0 aliphatic carbocycles. The number of thiazole rings is 1. The molecule has 1 amide bonds. The molecule has 7 heteroatoms. The van der Waals surface area contributed by atoms with Gasteiger partial charge in [0.25, 0.3) is 5.91 Å². The van der Waals surface area contributed by atoms with Crippen LogP contribution in [0.25, 0.3) is 10.2 Å². The van der Waals surface area contributed by atoms with Crippen LogP contribution in [0.4, 0.5) is 13.9 Å². The van der Waals surface area contributed by atoms with Crippen molar-refractivity contribution in [1.82, 2.24) is 4.98 Å². The highest BCUT2D eigenvalue weighted by molar-refractivity contribution is 7.22. The zero-order valence-corrected chi connectivity index (χ0v) is 15.6. The number of anilines is 1. The molecule has 4 nitrogen and oxygen atoms in total. The Kier molecular flexibility index (Phi) is 4.88. The first-order valence-corrected chi connectivity index (χ1v) is 9.58. The van der Waals surface area contributed by atoms with E-state index in [0.29, 0.717) is 28.5 Å². The van der Waals surface area contributed by atoms with Gasteiger partial charge in [0.05, 0.1) is 17.3 Å². The van der Waals surface area contributed by atoms with Gasteiger partial charge in [-0.1, -0.05) is 29.0 Å². The lowest BCUT2D eigenvalue weighted by Gasteiger charge is -2.23. The predicted molar refractivity (Wildman–Crippen MR) is 101 cm³/mol. The van der Waals surface area contributed by atoms with Gasteiger partial charge >= 0.3 is 0 Å². The molecule has 1 atom stereocenters. The van der Waals surface area contributed by atoms with Crippen molar-refractivity contribution < 1.29 is 18.3 Å². The Hall–Kier alpha value is -2.38. The molecular formula is C20H18F2N2O2S. The third-order valence-electron chi connectivity index (χ3n) is 4.59. The number of benzene rings is 2. The molecule has 2 aromatic carbocycles. The van der Waals surface area contributed by atoms with Crippen LogP contribution in [0.1, 0.15) is 28.8 Å². The lowest BCUT2D eigenvalue weighted by molar-refractivity contribution is 0.0917. The van der Waals surface area contributed by atoms with E-state index in [1.54, 1.807) is 12.1 Å².